The summed E-state index contributed by atoms with van der Waals surface area (Å²) in [6.07, 6.45) is 2.34. The Hall–Kier alpha value is -3.19. The van der Waals surface area contributed by atoms with E-state index in [1.807, 2.05) is 6.07 Å². The molecule has 1 aromatic heterocycles. The number of amides is 1. The molecule has 3 rings (SSSR count). The number of nitrogens with zero attached hydrogens (tertiary/aromatic N) is 3. The van der Waals surface area contributed by atoms with E-state index in [1.54, 1.807) is 42.6 Å². The van der Waals surface area contributed by atoms with Crippen molar-refractivity contribution in [3.05, 3.63) is 65.5 Å². The summed E-state index contributed by atoms with van der Waals surface area (Å²) in [5.41, 5.74) is 1.02. The Kier molecular flexibility index (Phi) is 7.41. The van der Waals surface area contributed by atoms with E-state index in [0.29, 0.717) is 23.6 Å². The third-order valence-electron chi connectivity index (χ3n) is 5.62. The maximum atomic E-state index is 13.0. The fourth-order valence-corrected chi connectivity index (χ4v) is 3.89. The molecule has 2 heterocycles. The van der Waals surface area contributed by atoms with Crippen molar-refractivity contribution in [2.24, 2.45) is 0 Å². The number of ether oxygens (including phenoxy) is 1. The summed E-state index contributed by atoms with van der Waals surface area (Å²) >= 11 is 0. The van der Waals surface area contributed by atoms with E-state index in [9.17, 15) is 14.7 Å². The highest BCUT2D eigenvalue weighted by Gasteiger charge is 2.46. The molecule has 1 aliphatic heterocycles. The van der Waals surface area contributed by atoms with Crippen LogP contribution >= 0.6 is 0 Å². The first-order chi connectivity index (χ1) is 15.0. The zero-order valence-corrected chi connectivity index (χ0v) is 18.2. The molecule has 0 aliphatic carbocycles. The summed E-state index contributed by atoms with van der Waals surface area (Å²) in [5.74, 6) is -0.982. The van der Waals surface area contributed by atoms with Crippen molar-refractivity contribution in [2.45, 2.75) is 26.3 Å². The first-order valence-corrected chi connectivity index (χ1v) is 10.6. The van der Waals surface area contributed by atoms with Crippen molar-refractivity contribution in [1.29, 1.82) is 0 Å². The minimum atomic E-state index is -0.732. The molecule has 7 nitrogen and oxygen atoms in total. The molecule has 1 atom stereocenters. The molecule has 0 spiro atoms. The van der Waals surface area contributed by atoms with Crippen LogP contribution in [0.15, 0.2) is 54.2 Å². The number of pyridine rings is 1. The number of Topliss-reactive ketones (excluding diaryl/α,β-unsaturated/α-hetero) is 1. The van der Waals surface area contributed by atoms with Gasteiger partial charge in [0.2, 0.25) is 0 Å². The fraction of sp³-hybridized carbons (Fsp3) is 0.375. The van der Waals surface area contributed by atoms with Gasteiger partial charge in [-0.1, -0.05) is 32.0 Å². The van der Waals surface area contributed by atoms with Crippen LogP contribution in [0.1, 0.15) is 37.6 Å². The highest BCUT2D eigenvalue weighted by Crippen LogP contribution is 2.38. The fourth-order valence-electron chi connectivity index (χ4n) is 3.89. The predicted octanol–water partition coefficient (Wildman–Crippen LogP) is 3.24. The number of carbonyl (C=O) groups is 2. The zero-order valence-electron chi connectivity index (χ0n) is 18.2. The van der Waals surface area contributed by atoms with Crippen LogP contribution in [-0.2, 0) is 9.59 Å². The van der Waals surface area contributed by atoms with E-state index in [2.05, 4.69) is 23.7 Å². The number of ketones is 1. The van der Waals surface area contributed by atoms with Gasteiger partial charge in [-0.3, -0.25) is 14.6 Å². The van der Waals surface area contributed by atoms with Gasteiger partial charge in [0.25, 0.3) is 11.7 Å². The molecular weight excluding hydrogens is 394 g/mol. The van der Waals surface area contributed by atoms with E-state index in [0.717, 1.165) is 26.1 Å². The maximum absolute atomic E-state index is 13.0. The van der Waals surface area contributed by atoms with Crippen molar-refractivity contribution >= 4 is 17.4 Å². The zero-order chi connectivity index (χ0) is 22.4. The number of rotatable bonds is 9. The Labute approximate surface area is 183 Å². The number of hydrogen-bond acceptors (Lipinski definition) is 6. The van der Waals surface area contributed by atoms with Crippen LogP contribution in [0.5, 0.6) is 5.75 Å². The molecular formula is C24H29N3O4. The quantitative estimate of drug-likeness (QED) is 0.379. The smallest absolute Gasteiger partial charge is 0.295 e. The molecule has 0 unspecified atom stereocenters. The van der Waals surface area contributed by atoms with Crippen LogP contribution in [0.4, 0.5) is 0 Å². The van der Waals surface area contributed by atoms with Gasteiger partial charge in [0.15, 0.2) is 0 Å². The lowest BCUT2D eigenvalue weighted by Gasteiger charge is -2.26. The Morgan fingerprint density at radius 3 is 2.58 bits per heavy atom. The molecule has 1 amide bonds. The van der Waals surface area contributed by atoms with Gasteiger partial charge in [-0.15, -0.1) is 0 Å². The molecule has 0 saturated carbocycles. The van der Waals surface area contributed by atoms with Crippen molar-refractivity contribution in [3.8, 4) is 5.75 Å². The number of aromatic nitrogens is 1. The van der Waals surface area contributed by atoms with Gasteiger partial charge in [-0.2, -0.15) is 0 Å². The Bertz CT molecular complexity index is 954. The van der Waals surface area contributed by atoms with E-state index in [-0.39, 0.29) is 11.3 Å². The standard InChI is InChI=1S/C24H29N3O4/c1-4-26(5-2)14-9-15-27-21(19-12-6-7-13-25-19)20(23(29)24(27)30)22(28)17-10-8-11-18(16-17)31-3/h6-8,10-13,16,21,28H,4-5,9,14-15H2,1-3H3/b22-20+/t21-/m1/s1. The number of aliphatic hydroxyl groups is 1. The van der Waals surface area contributed by atoms with Gasteiger partial charge >= 0.3 is 0 Å². The van der Waals surface area contributed by atoms with Gasteiger partial charge in [0, 0.05) is 18.3 Å². The lowest BCUT2D eigenvalue weighted by Crippen LogP contribution is -2.33. The molecule has 1 saturated heterocycles. The highest BCUT2D eigenvalue weighted by atomic mass is 16.5. The van der Waals surface area contributed by atoms with E-state index >= 15 is 0 Å². The van der Waals surface area contributed by atoms with Crippen LogP contribution in [0.3, 0.4) is 0 Å². The second-order valence-corrected chi connectivity index (χ2v) is 7.36. The van der Waals surface area contributed by atoms with E-state index < -0.39 is 17.7 Å². The van der Waals surface area contributed by atoms with Crippen LogP contribution in [0.25, 0.3) is 5.76 Å². The molecule has 0 radical (unpaired) electrons. The lowest BCUT2D eigenvalue weighted by atomic mass is 9.98. The average molecular weight is 424 g/mol. The lowest BCUT2D eigenvalue weighted by molar-refractivity contribution is -0.140. The van der Waals surface area contributed by atoms with Crippen molar-refractivity contribution in [2.75, 3.05) is 33.3 Å². The summed E-state index contributed by atoms with van der Waals surface area (Å²) in [6.45, 7) is 7.26. The molecule has 1 fully saturated rings. The van der Waals surface area contributed by atoms with Gasteiger partial charge in [-0.25, -0.2) is 0 Å². The summed E-state index contributed by atoms with van der Waals surface area (Å²) in [5, 5.41) is 11.1. The largest absolute Gasteiger partial charge is 0.507 e. The summed E-state index contributed by atoms with van der Waals surface area (Å²) in [7, 11) is 1.53. The number of carbonyl (C=O) groups excluding carboxylic acids is 2. The summed E-state index contributed by atoms with van der Waals surface area (Å²) < 4.78 is 5.23. The summed E-state index contributed by atoms with van der Waals surface area (Å²) in [6, 6.07) is 11.4. The van der Waals surface area contributed by atoms with Crippen LogP contribution in [0, 0.1) is 0 Å². The molecule has 2 aromatic rings. The van der Waals surface area contributed by atoms with Crippen molar-refractivity contribution < 1.29 is 19.4 Å². The highest BCUT2D eigenvalue weighted by molar-refractivity contribution is 6.46. The Morgan fingerprint density at radius 1 is 1.16 bits per heavy atom. The first kappa shape index (κ1) is 22.5. The normalized spacial score (nSPS) is 18.1. The number of aliphatic hydroxyl groups excluding tert-OH is 1. The maximum Gasteiger partial charge on any atom is 0.295 e. The van der Waals surface area contributed by atoms with Gasteiger partial charge in [0.05, 0.1) is 18.4 Å². The van der Waals surface area contributed by atoms with Crippen LogP contribution in [0.2, 0.25) is 0 Å². The minimum absolute atomic E-state index is 0.0554. The van der Waals surface area contributed by atoms with E-state index in [1.165, 1.54) is 12.0 Å². The molecule has 0 bridgehead atoms. The predicted molar refractivity (Wildman–Crippen MR) is 119 cm³/mol. The van der Waals surface area contributed by atoms with Crippen molar-refractivity contribution in [3.63, 3.8) is 0 Å². The van der Waals surface area contributed by atoms with E-state index in [4.69, 9.17) is 4.74 Å². The van der Waals surface area contributed by atoms with Crippen LogP contribution in [-0.4, -0.2) is 64.9 Å². The Morgan fingerprint density at radius 2 is 1.94 bits per heavy atom. The topological polar surface area (TPSA) is 83.0 Å². The molecule has 1 N–H and O–H groups in total. The number of hydrogen-bond donors (Lipinski definition) is 1. The third kappa shape index (κ3) is 4.77. The van der Waals surface area contributed by atoms with Gasteiger partial charge in [0.1, 0.15) is 17.6 Å². The van der Waals surface area contributed by atoms with Crippen molar-refractivity contribution in [1.82, 2.24) is 14.8 Å². The average Bonchev–Trinajstić information content (AvgIpc) is 3.07. The summed E-state index contributed by atoms with van der Waals surface area (Å²) in [4.78, 5) is 34.1. The molecule has 1 aliphatic rings. The minimum Gasteiger partial charge on any atom is -0.507 e. The number of likely N-dealkylation sites (tertiary alicyclic amines) is 1. The SMILES string of the molecule is CCN(CC)CCCN1C(=O)C(=O)/C(=C(/O)c2cccc(OC)c2)[C@H]1c1ccccn1. The molecule has 31 heavy (non-hydrogen) atoms. The molecule has 1 aromatic carbocycles. The second kappa shape index (κ2) is 10.2. The van der Waals surface area contributed by atoms with Gasteiger partial charge in [-0.05, 0) is 50.3 Å². The van der Waals surface area contributed by atoms with Gasteiger partial charge < -0.3 is 19.6 Å². The molecule has 164 valence electrons. The second-order valence-electron chi connectivity index (χ2n) is 7.36. The first-order valence-electron chi connectivity index (χ1n) is 10.6. The van der Waals surface area contributed by atoms with Crippen LogP contribution < -0.4 is 4.74 Å². The Balaban J connectivity index is 2.01. The third-order valence-corrected chi connectivity index (χ3v) is 5.62. The molecule has 7 heteroatoms. The number of benzene rings is 1. The number of methoxy groups -OCH3 is 1. The monoisotopic (exact) mass is 423 g/mol.